The van der Waals surface area contributed by atoms with Crippen molar-refractivity contribution in [1.29, 1.82) is 0 Å². The molecule has 110 valence electrons. The first-order valence-electron chi connectivity index (χ1n) is 7.01. The predicted molar refractivity (Wildman–Crippen MR) is 71.2 cm³/mol. The highest BCUT2D eigenvalue weighted by atomic mass is 16.4. The molecular formula is C13H20N4O3. The Morgan fingerprint density at radius 1 is 1.40 bits per heavy atom. The normalized spacial score (nSPS) is 19.6. The quantitative estimate of drug-likeness (QED) is 0.889. The molecule has 1 fully saturated rings. The van der Waals surface area contributed by atoms with E-state index >= 15 is 0 Å². The summed E-state index contributed by atoms with van der Waals surface area (Å²) in [6.07, 6.45) is 5.74. The smallest absolute Gasteiger partial charge is 0.325 e. The third-order valence-corrected chi connectivity index (χ3v) is 3.77. The Morgan fingerprint density at radius 3 is 2.90 bits per heavy atom. The molecule has 0 radical (unpaired) electrons. The minimum absolute atomic E-state index is 0.154. The molecule has 7 heteroatoms. The lowest BCUT2D eigenvalue weighted by Crippen LogP contribution is -2.32. The van der Waals surface area contributed by atoms with E-state index < -0.39 is 5.97 Å². The fourth-order valence-electron chi connectivity index (χ4n) is 2.55. The molecule has 0 saturated carbocycles. The highest BCUT2D eigenvalue weighted by Crippen LogP contribution is 2.21. The number of likely N-dealkylation sites (tertiary alicyclic amines) is 1. The van der Waals surface area contributed by atoms with Gasteiger partial charge >= 0.3 is 5.97 Å². The maximum Gasteiger partial charge on any atom is 0.325 e. The first-order chi connectivity index (χ1) is 9.60. The van der Waals surface area contributed by atoms with Crippen LogP contribution in [0.15, 0.2) is 6.20 Å². The summed E-state index contributed by atoms with van der Waals surface area (Å²) in [7, 11) is 0. The summed E-state index contributed by atoms with van der Waals surface area (Å²) in [5, 5.41) is 16.1. The molecule has 1 aromatic heterocycles. The second-order valence-electron chi connectivity index (χ2n) is 5.19. The van der Waals surface area contributed by atoms with Crippen molar-refractivity contribution in [3.8, 4) is 0 Å². The van der Waals surface area contributed by atoms with E-state index in [0.717, 1.165) is 38.8 Å². The highest BCUT2D eigenvalue weighted by molar-refractivity contribution is 5.92. The van der Waals surface area contributed by atoms with E-state index in [1.165, 1.54) is 10.9 Å². The molecule has 1 unspecified atom stereocenters. The van der Waals surface area contributed by atoms with Gasteiger partial charge < -0.3 is 10.0 Å². The van der Waals surface area contributed by atoms with E-state index in [1.54, 1.807) is 4.90 Å². The van der Waals surface area contributed by atoms with Gasteiger partial charge in [0.2, 0.25) is 0 Å². The van der Waals surface area contributed by atoms with E-state index in [4.69, 9.17) is 5.11 Å². The SMILES string of the molecule is CCC1CCCN(C(=O)c2cn(CC(=O)O)nn2)CC1. The fraction of sp³-hybridized carbons (Fsp3) is 0.692. The van der Waals surface area contributed by atoms with Crippen LogP contribution in [-0.4, -0.2) is 50.0 Å². The molecule has 1 aliphatic rings. The van der Waals surface area contributed by atoms with Gasteiger partial charge in [0, 0.05) is 13.1 Å². The van der Waals surface area contributed by atoms with Crippen LogP contribution in [0.25, 0.3) is 0 Å². The molecule has 0 aliphatic carbocycles. The standard InChI is InChI=1S/C13H20N4O3/c1-2-10-4-3-6-16(7-5-10)13(20)11-8-17(15-14-11)9-12(18)19/h8,10H,2-7,9H2,1H3,(H,18,19). The number of carbonyl (C=O) groups excluding carboxylic acids is 1. The van der Waals surface area contributed by atoms with Gasteiger partial charge in [0.15, 0.2) is 5.69 Å². The summed E-state index contributed by atoms with van der Waals surface area (Å²) in [5.74, 6) is -0.469. The van der Waals surface area contributed by atoms with Crippen LogP contribution in [-0.2, 0) is 11.3 Å². The molecular weight excluding hydrogens is 260 g/mol. The van der Waals surface area contributed by atoms with E-state index in [9.17, 15) is 9.59 Å². The fourth-order valence-corrected chi connectivity index (χ4v) is 2.55. The number of amides is 1. The Kier molecular flexibility index (Phi) is 4.70. The number of aliphatic carboxylic acids is 1. The molecule has 1 saturated heterocycles. The Bertz CT molecular complexity index is 486. The van der Waals surface area contributed by atoms with E-state index in [1.807, 2.05) is 0 Å². The zero-order chi connectivity index (χ0) is 14.5. The average Bonchev–Trinajstić information content (AvgIpc) is 2.74. The van der Waals surface area contributed by atoms with Crippen LogP contribution in [0.1, 0.15) is 43.1 Å². The maximum absolute atomic E-state index is 12.3. The zero-order valence-corrected chi connectivity index (χ0v) is 11.7. The van der Waals surface area contributed by atoms with Gasteiger partial charge in [-0.15, -0.1) is 5.10 Å². The van der Waals surface area contributed by atoms with Crippen LogP contribution in [0.4, 0.5) is 0 Å². The van der Waals surface area contributed by atoms with Gasteiger partial charge in [0.05, 0.1) is 6.20 Å². The van der Waals surface area contributed by atoms with Crippen molar-refractivity contribution in [1.82, 2.24) is 19.9 Å². The van der Waals surface area contributed by atoms with Crippen LogP contribution in [0, 0.1) is 5.92 Å². The number of hydrogen-bond acceptors (Lipinski definition) is 4. The molecule has 7 nitrogen and oxygen atoms in total. The van der Waals surface area contributed by atoms with Crippen molar-refractivity contribution in [3.63, 3.8) is 0 Å². The van der Waals surface area contributed by atoms with Gasteiger partial charge in [0.25, 0.3) is 5.91 Å². The lowest BCUT2D eigenvalue weighted by Gasteiger charge is -2.19. The van der Waals surface area contributed by atoms with Gasteiger partial charge in [-0.25, -0.2) is 4.68 Å². The second kappa shape index (κ2) is 6.49. The topological polar surface area (TPSA) is 88.3 Å². The zero-order valence-electron chi connectivity index (χ0n) is 11.7. The van der Waals surface area contributed by atoms with Crippen molar-refractivity contribution >= 4 is 11.9 Å². The summed E-state index contributed by atoms with van der Waals surface area (Å²) >= 11 is 0. The molecule has 1 aliphatic heterocycles. The largest absolute Gasteiger partial charge is 0.480 e. The minimum Gasteiger partial charge on any atom is -0.480 e. The van der Waals surface area contributed by atoms with Gasteiger partial charge in [0.1, 0.15) is 6.54 Å². The predicted octanol–water partition coefficient (Wildman–Crippen LogP) is 1.01. The van der Waals surface area contributed by atoms with Gasteiger partial charge in [-0.2, -0.15) is 0 Å². The van der Waals surface area contributed by atoms with Crippen molar-refractivity contribution < 1.29 is 14.7 Å². The molecule has 0 bridgehead atoms. The van der Waals surface area contributed by atoms with Crippen LogP contribution in [0.5, 0.6) is 0 Å². The van der Waals surface area contributed by atoms with Gasteiger partial charge in [-0.3, -0.25) is 9.59 Å². The Balaban J connectivity index is 1.99. The van der Waals surface area contributed by atoms with Crippen molar-refractivity contribution in [2.24, 2.45) is 5.92 Å². The van der Waals surface area contributed by atoms with E-state index in [0.29, 0.717) is 5.92 Å². The number of hydrogen-bond donors (Lipinski definition) is 1. The highest BCUT2D eigenvalue weighted by Gasteiger charge is 2.23. The lowest BCUT2D eigenvalue weighted by atomic mass is 9.98. The third kappa shape index (κ3) is 3.55. The Hall–Kier alpha value is -1.92. The number of carboxylic acid groups (broad SMARTS) is 1. The monoisotopic (exact) mass is 280 g/mol. The van der Waals surface area contributed by atoms with Crippen molar-refractivity contribution in [2.75, 3.05) is 13.1 Å². The molecule has 2 heterocycles. The molecule has 20 heavy (non-hydrogen) atoms. The number of nitrogens with zero attached hydrogens (tertiary/aromatic N) is 4. The molecule has 1 atom stereocenters. The number of carbonyl (C=O) groups is 2. The first-order valence-corrected chi connectivity index (χ1v) is 7.01. The van der Waals surface area contributed by atoms with Crippen LogP contribution in [0.3, 0.4) is 0 Å². The molecule has 1 amide bonds. The molecule has 0 aromatic carbocycles. The average molecular weight is 280 g/mol. The van der Waals surface area contributed by atoms with Gasteiger partial charge in [-0.1, -0.05) is 18.6 Å². The lowest BCUT2D eigenvalue weighted by molar-refractivity contribution is -0.137. The van der Waals surface area contributed by atoms with Crippen LogP contribution in [0.2, 0.25) is 0 Å². The maximum atomic E-state index is 12.3. The molecule has 0 spiro atoms. The first kappa shape index (κ1) is 14.5. The summed E-state index contributed by atoms with van der Waals surface area (Å²) in [6, 6.07) is 0. The summed E-state index contributed by atoms with van der Waals surface area (Å²) < 4.78 is 1.17. The summed E-state index contributed by atoms with van der Waals surface area (Å²) in [6.45, 7) is 3.38. The van der Waals surface area contributed by atoms with Gasteiger partial charge in [-0.05, 0) is 25.2 Å². The second-order valence-corrected chi connectivity index (χ2v) is 5.19. The molecule has 1 N–H and O–H groups in total. The number of aromatic nitrogens is 3. The van der Waals surface area contributed by atoms with E-state index in [-0.39, 0.29) is 18.1 Å². The van der Waals surface area contributed by atoms with Crippen molar-refractivity contribution in [2.45, 2.75) is 39.2 Å². The minimum atomic E-state index is -1.01. The number of carboxylic acids is 1. The number of rotatable bonds is 4. The van der Waals surface area contributed by atoms with Crippen LogP contribution < -0.4 is 0 Å². The molecule has 1 aromatic rings. The Morgan fingerprint density at radius 2 is 2.20 bits per heavy atom. The Labute approximate surface area is 117 Å². The summed E-state index contributed by atoms with van der Waals surface area (Å²) in [5.41, 5.74) is 0.223. The summed E-state index contributed by atoms with van der Waals surface area (Å²) in [4.78, 5) is 24.7. The van der Waals surface area contributed by atoms with E-state index in [2.05, 4.69) is 17.2 Å². The third-order valence-electron chi connectivity index (χ3n) is 3.77. The molecule has 2 rings (SSSR count). The van der Waals surface area contributed by atoms with Crippen LogP contribution >= 0.6 is 0 Å². The van der Waals surface area contributed by atoms with Crippen molar-refractivity contribution in [3.05, 3.63) is 11.9 Å².